The maximum Gasteiger partial charge on any atom is 0.306 e. The van der Waals surface area contributed by atoms with Gasteiger partial charge >= 0.3 is 11.9 Å². The van der Waals surface area contributed by atoms with E-state index >= 15 is 0 Å². The first kappa shape index (κ1) is 9.03. The summed E-state index contributed by atoms with van der Waals surface area (Å²) >= 11 is 0. The van der Waals surface area contributed by atoms with E-state index in [9.17, 15) is 9.59 Å². The molecule has 68 valence electrons. The minimum atomic E-state index is -0.346. The Hall–Kier alpha value is -1.06. The van der Waals surface area contributed by atoms with Gasteiger partial charge in [0.25, 0.3) is 0 Å². The molecule has 0 spiro atoms. The monoisotopic (exact) mass is 172 g/mol. The Morgan fingerprint density at radius 2 is 1.33 bits per heavy atom. The normalized spacial score (nSPS) is 31.5. The summed E-state index contributed by atoms with van der Waals surface area (Å²) in [5.41, 5.74) is 0. The topological polar surface area (TPSA) is 52.6 Å². The molecule has 2 atom stereocenters. The number of ether oxygens (including phenoxy) is 2. The third-order valence-corrected chi connectivity index (χ3v) is 1.83. The predicted molar refractivity (Wildman–Crippen MR) is 40.3 cm³/mol. The van der Waals surface area contributed by atoms with E-state index in [1.54, 1.807) is 13.8 Å². The van der Waals surface area contributed by atoms with Gasteiger partial charge < -0.3 is 9.47 Å². The van der Waals surface area contributed by atoms with Crippen molar-refractivity contribution in [1.29, 1.82) is 0 Å². The van der Waals surface area contributed by atoms with Crippen LogP contribution in [0.15, 0.2) is 0 Å². The van der Waals surface area contributed by atoms with E-state index in [4.69, 9.17) is 9.47 Å². The van der Waals surface area contributed by atoms with Crippen molar-refractivity contribution in [2.45, 2.75) is 38.9 Å². The lowest BCUT2D eigenvalue weighted by Gasteiger charge is -2.23. The van der Waals surface area contributed by atoms with Crippen molar-refractivity contribution in [3.63, 3.8) is 0 Å². The Kier molecular flexibility index (Phi) is 2.68. The second-order valence-corrected chi connectivity index (χ2v) is 2.89. The van der Waals surface area contributed by atoms with Crippen molar-refractivity contribution in [3.05, 3.63) is 0 Å². The lowest BCUT2D eigenvalue weighted by Crippen LogP contribution is -2.33. The molecule has 0 radical (unpaired) electrons. The summed E-state index contributed by atoms with van der Waals surface area (Å²) in [5, 5.41) is 0. The number of rotatable bonds is 0. The van der Waals surface area contributed by atoms with Crippen molar-refractivity contribution in [3.8, 4) is 0 Å². The van der Waals surface area contributed by atoms with E-state index in [1.807, 2.05) is 0 Å². The summed E-state index contributed by atoms with van der Waals surface area (Å²) in [6.45, 7) is 3.42. The summed E-state index contributed by atoms with van der Waals surface area (Å²) in [4.78, 5) is 21.8. The molecule has 0 aromatic carbocycles. The SMILES string of the molecule is CC1OC(=O)CCC(=O)OC1C. The smallest absolute Gasteiger partial charge is 0.306 e. The van der Waals surface area contributed by atoms with Gasteiger partial charge in [-0.25, -0.2) is 0 Å². The van der Waals surface area contributed by atoms with Gasteiger partial charge in [-0.1, -0.05) is 0 Å². The molecule has 0 aromatic rings. The van der Waals surface area contributed by atoms with E-state index < -0.39 is 0 Å². The predicted octanol–water partition coefficient (Wildman–Crippen LogP) is 0.644. The van der Waals surface area contributed by atoms with E-state index in [0.29, 0.717) is 0 Å². The van der Waals surface area contributed by atoms with Crippen LogP contribution in [-0.2, 0) is 19.1 Å². The van der Waals surface area contributed by atoms with Crippen LogP contribution < -0.4 is 0 Å². The highest BCUT2D eigenvalue weighted by atomic mass is 16.6. The van der Waals surface area contributed by atoms with Crippen LogP contribution in [0.3, 0.4) is 0 Å². The van der Waals surface area contributed by atoms with Crippen molar-refractivity contribution in [2.75, 3.05) is 0 Å². The minimum Gasteiger partial charge on any atom is -0.459 e. The molecule has 0 bridgehead atoms. The zero-order valence-electron chi connectivity index (χ0n) is 7.20. The molecule has 1 aliphatic rings. The molecule has 12 heavy (non-hydrogen) atoms. The summed E-state index contributed by atoms with van der Waals surface area (Å²) in [6.07, 6.45) is -0.449. The van der Waals surface area contributed by atoms with Gasteiger partial charge in [-0.2, -0.15) is 0 Å². The van der Waals surface area contributed by atoms with E-state index in [1.165, 1.54) is 0 Å². The summed E-state index contributed by atoms with van der Waals surface area (Å²) in [7, 11) is 0. The van der Waals surface area contributed by atoms with Crippen LogP contribution >= 0.6 is 0 Å². The highest BCUT2D eigenvalue weighted by Gasteiger charge is 2.24. The van der Waals surface area contributed by atoms with Crippen LogP contribution in [-0.4, -0.2) is 24.1 Å². The lowest BCUT2D eigenvalue weighted by atomic mass is 10.2. The van der Waals surface area contributed by atoms with E-state index in [0.717, 1.165) is 0 Å². The third kappa shape index (κ3) is 2.22. The van der Waals surface area contributed by atoms with Crippen molar-refractivity contribution >= 4 is 11.9 Å². The summed E-state index contributed by atoms with van der Waals surface area (Å²) in [6, 6.07) is 0. The molecular weight excluding hydrogens is 160 g/mol. The van der Waals surface area contributed by atoms with Gasteiger partial charge in [0.15, 0.2) is 0 Å². The largest absolute Gasteiger partial charge is 0.459 e. The van der Waals surface area contributed by atoms with Crippen LogP contribution in [0.2, 0.25) is 0 Å². The summed E-state index contributed by atoms with van der Waals surface area (Å²) < 4.78 is 9.87. The molecule has 0 N–H and O–H groups in total. The first-order valence-electron chi connectivity index (χ1n) is 3.98. The zero-order chi connectivity index (χ0) is 9.14. The van der Waals surface area contributed by atoms with E-state index in [2.05, 4.69) is 0 Å². The van der Waals surface area contributed by atoms with Crippen LogP contribution in [0.25, 0.3) is 0 Å². The minimum absolute atomic E-state index is 0.121. The number of hydrogen-bond donors (Lipinski definition) is 0. The van der Waals surface area contributed by atoms with Gasteiger partial charge in [0.05, 0.1) is 12.8 Å². The summed E-state index contributed by atoms with van der Waals surface area (Å²) in [5.74, 6) is -0.656. The van der Waals surface area contributed by atoms with Gasteiger partial charge in [0, 0.05) is 0 Å². The van der Waals surface area contributed by atoms with Crippen molar-refractivity contribution in [2.24, 2.45) is 0 Å². The van der Waals surface area contributed by atoms with Crippen LogP contribution in [0, 0.1) is 0 Å². The molecule has 1 rings (SSSR count). The molecule has 0 saturated carbocycles. The molecule has 1 saturated heterocycles. The van der Waals surface area contributed by atoms with Gasteiger partial charge in [-0.05, 0) is 13.8 Å². The molecule has 1 fully saturated rings. The molecule has 1 aliphatic heterocycles. The lowest BCUT2D eigenvalue weighted by molar-refractivity contribution is -0.171. The van der Waals surface area contributed by atoms with Gasteiger partial charge in [-0.3, -0.25) is 9.59 Å². The zero-order valence-corrected chi connectivity index (χ0v) is 7.20. The highest BCUT2D eigenvalue weighted by molar-refractivity contribution is 5.78. The second kappa shape index (κ2) is 3.56. The number of cyclic esters (lactones) is 2. The standard InChI is InChI=1S/C8H12O4/c1-5-6(2)12-8(10)4-3-7(9)11-5/h5-6H,3-4H2,1-2H3. The molecule has 1 heterocycles. The first-order chi connectivity index (χ1) is 5.59. The van der Waals surface area contributed by atoms with Crippen molar-refractivity contribution < 1.29 is 19.1 Å². The van der Waals surface area contributed by atoms with Crippen LogP contribution in [0.1, 0.15) is 26.7 Å². The fourth-order valence-corrected chi connectivity index (χ4v) is 0.928. The maximum absolute atomic E-state index is 10.9. The highest BCUT2D eigenvalue weighted by Crippen LogP contribution is 2.11. The fourth-order valence-electron chi connectivity index (χ4n) is 0.928. The van der Waals surface area contributed by atoms with Gasteiger partial charge in [-0.15, -0.1) is 0 Å². The Labute approximate surface area is 70.8 Å². The molecule has 2 unspecified atom stereocenters. The molecular formula is C8H12O4. The molecule has 0 aromatic heterocycles. The van der Waals surface area contributed by atoms with E-state index in [-0.39, 0.29) is 37.0 Å². The maximum atomic E-state index is 10.9. The first-order valence-corrected chi connectivity index (χ1v) is 3.98. The average molecular weight is 172 g/mol. The second-order valence-electron chi connectivity index (χ2n) is 2.89. The molecule has 4 nitrogen and oxygen atoms in total. The van der Waals surface area contributed by atoms with Crippen molar-refractivity contribution in [1.82, 2.24) is 0 Å². The number of carbonyl (C=O) groups is 2. The quantitative estimate of drug-likeness (QED) is 0.503. The Morgan fingerprint density at radius 1 is 1.00 bits per heavy atom. The Bertz CT molecular complexity index is 177. The van der Waals surface area contributed by atoms with Gasteiger partial charge in [0.2, 0.25) is 0 Å². The fraction of sp³-hybridized carbons (Fsp3) is 0.750. The number of hydrogen-bond acceptors (Lipinski definition) is 4. The van der Waals surface area contributed by atoms with Crippen LogP contribution in [0.4, 0.5) is 0 Å². The number of esters is 2. The van der Waals surface area contributed by atoms with Crippen LogP contribution in [0.5, 0.6) is 0 Å². The Balaban J connectivity index is 2.60. The Morgan fingerprint density at radius 3 is 1.67 bits per heavy atom. The average Bonchev–Trinajstić information content (AvgIpc) is 1.99. The number of carbonyl (C=O) groups excluding carboxylic acids is 2. The van der Waals surface area contributed by atoms with Gasteiger partial charge in [0.1, 0.15) is 12.2 Å². The molecule has 4 heteroatoms. The molecule has 0 aliphatic carbocycles. The third-order valence-electron chi connectivity index (χ3n) is 1.83. The molecule has 0 amide bonds.